The predicted molar refractivity (Wildman–Crippen MR) is 76.6 cm³/mol. The second-order valence-electron chi connectivity index (χ2n) is 5.23. The molecule has 1 amide bonds. The van der Waals surface area contributed by atoms with Gasteiger partial charge in [0.2, 0.25) is 0 Å². The van der Waals surface area contributed by atoms with Gasteiger partial charge >= 0.3 is 0 Å². The average molecular weight is 314 g/mol. The van der Waals surface area contributed by atoms with E-state index in [9.17, 15) is 13.6 Å². The Bertz CT molecular complexity index is 520. The highest BCUT2D eigenvalue weighted by atomic mass is 19.2. The molecule has 122 valence electrons. The fourth-order valence-corrected chi connectivity index (χ4v) is 2.40. The van der Waals surface area contributed by atoms with E-state index in [1.165, 1.54) is 6.07 Å². The summed E-state index contributed by atoms with van der Waals surface area (Å²) in [4.78, 5) is 16.0. The summed E-state index contributed by atoms with van der Waals surface area (Å²) in [6, 6.07) is 3.19. The van der Waals surface area contributed by atoms with Crippen molar-refractivity contribution in [1.29, 1.82) is 0 Å². The van der Waals surface area contributed by atoms with Gasteiger partial charge in [-0.05, 0) is 19.1 Å². The topological polar surface area (TPSA) is 53.0 Å². The largest absolute Gasteiger partial charge is 0.481 e. The van der Waals surface area contributed by atoms with E-state index in [0.717, 1.165) is 12.1 Å². The number of piperazine rings is 1. The molecule has 22 heavy (non-hydrogen) atoms. The molecule has 0 aromatic heterocycles. The lowest BCUT2D eigenvalue weighted by molar-refractivity contribution is -0.139. The number of benzene rings is 1. The first kappa shape index (κ1) is 16.6. The predicted octanol–water partition coefficient (Wildman–Crippen LogP) is 0.869. The van der Waals surface area contributed by atoms with Crippen molar-refractivity contribution >= 4 is 5.91 Å². The zero-order chi connectivity index (χ0) is 16.1. The van der Waals surface area contributed by atoms with Crippen molar-refractivity contribution in [2.45, 2.75) is 13.0 Å². The SMILES string of the molecule is CC(Oc1ccc(F)c(F)c1)C(=O)N1CCN(CCO)CC1. The van der Waals surface area contributed by atoms with Crippen molar-refractivity contribution < 1.29 is 23.4 Å². The van der Waals surface area contributed by atoms with E-state index < -0.39 is 17.7 Å². The van der Waals surface area contributed by atoms with Crippen LogP contribution in [0.5, 0.6) is 5.75 Å². The molecule has 1 unspecified atom stereocenters. The standard InChI is InChI=1S/C15H20F2N2O3/c1-11(22-12-2-3-13(16)14(17)10-12)15(21)19-6-4-18(5-7-19)8-9-20/h2-3,10-11,20H,4-9H2,1H3. The molecule has 1 aromatic rings. The highest BCUT2D eigenvalue weighted by molar-refractivity contribution is 5.81. The fourth-order valence-electron chi connectivity index (χ4n) is 2.40. The molecule has 5 nitrogen and oxygen atoms in total. The zero-order valence-corrected chi connectivity index (χ0v) is 12.5. The number of nitrogens with zero attached hydrogens (tertiary/aromatic N) is 2. The molecule has 0 aliphatic carbocycles. The summed E-state index contributed by atoms with van der Waals surface area (Å²) >= 11 is 0. The van der Waals surface area contributed by atoms with Crippen molar-refractivity contribution in [3.8, 4) is 5.75 Å². The van der Waals surface area contributed by atoms with Crippen LogP contribution >= 0.6 is 0 Å². The zero-order valence-electron chi connectivity index (χ0n) is 12.5. The van der Waals surface area contributed by atoms with Crippen molar-refractivity contribution in [3.05, 3.63) is 29.8 Å². The Labute approximate surface area is 128 Å². The van der Waals surface area contributed by atoms with Crippen LogP contribution in [0, 0.1) is 11.6 Å². The number of halogens is 2. The van der Waals surface area contributed by atoms with Gasteiger partial charge < -0.3 is 14.7 Å². The summed E-state index contributed by atoms with van der Waals surface area (Å²) in [7, 11) is 0. The van der Waals surface area contributed by atoms with Crippen LogP contribution in [-0.2, 0) is 4.79 Å². The molecule has 1 saturated heterocycles. The molecule has 0 spiro atoms. The molecule has 1 fully saturated rings. The Morgan fingerprint density at radius 2 is 1.95 bits per heavy atom. The molecule has 1 aliphatic heterocycles. The van der Waals surface area contributed by atoms with Gasteiger partial charge in [0.15, 0.2) is 17.7 Å². The first-order chi connectivity index (χ1) is 10.5. The summed E-state index contributed by atoms with van der Waals surface area (Å²) < 4.78 is 31.4. The smallest absolute Gasteiger partial charge is 0.263 e. The van der Waals surface area contributed by atoms with Crippen molar-refractivity contribution in [2.75, 3.05) is 39.3 Å². The number of β-amino-alcohol motifs (C(OH)–C–C–N with tert-alkyl or cyclic N) is 1. The maximum atomic E-state index is 13.1. The van der Waals surface area contributed by atoms with Gasteiger partial charge in [-0.25, -0.2) is 8.78 Å². The molecule has 0 bridgehead atoms. The Kier molecular flexibility index (Phi) is 5.68. The third-order valence-electron chi connectivity index (χ3n) is 3.65. The molecular weight excluding hydrogens is 294 g/mol. The van der Waals surface area contributed by atoms with Crippen molar-refractivity contribution in [1.82, 2.24) is 9.80 Å². The van der Waals surface area contributed by atoms with E-state index in [1.54, 1.807) is 11.8 Å². The molecule has 1 aliphatic rings. The van der Waals surface area contributed by atoms with Crippen LogP contribution in [0.25, 0.3) is 0 Å². The minimum atomic E-state index is -1.00. The summed E-state index contributed by atoms with van der Waals surface area (Å²) in [6.45, 7) is 4.80. The summed E-state index contributed by atoms with van der Waals surface area (Å²) in [6.07, 6.45) is -0.769. The molecule has 1 N–H and O–H groups in total. The number of aliphatic hydroxyl groups is 1. The lowest BCUT2D eigenvalue weighted by atomic mass is 10.2. The highest BCUT2D eigenvalue weighted by Crippen LogP contribution is 2.17. The number of carbonyl (C=O) groups excluding carboxylic acids is 1. The lowest BCUT2D eigenvalue weighted by Gasteiger charge is -2.35. The van der Waals surface area contributed by atoms with Gasteiger partial charge in [0, 0.05) is 38.8 Å². The first-order valence-electron chi connectivity index (χ1n) is 7.25. The molecular formula is C15H20F2N2O3. The van der Waals surface area contributed by atoms with E-state index in [2.05, 4.69) is 4.90 Å². The van der Waals surface area contributed by atoms with E-state index >= 15 is 0 Å². The van der Waals surface area contributed by atoms with Crippen molar-refractivity contribution in [2.24, 2.45) is 0 Å². The Balaban J connectivity index is 1.88. The quantitative estimate of drug-likeness (QED) is 0.876. The molecule has 7 heteroatoms. The molecule has 1 aromatic carbocycles. The average Bonchev–Trinajstić information content (AvgIpc) is 2.51. The molecule has 2 rings (SSSR count). The highest BCUT2D eigenvalue weighted by Gasteiger charge is 2.26. The van der Waals surface area contributed by atoms with Gasteiger partial charge in [-0.2, -0.15) is 0 Å². The number of rotatable bonds is 5. The molecule has 1 heterocycles. The van der Waals surface area contributed by atoms with Gasteiger partial charge in [0.1, 0.15) is 5.75 Å². The number of hydrogen-bond donors (Lipinski definition) is 1. The van der Waals surface area contributed by atoms with E-state index in [4.69, 9.17) is 9.84 Å². The summed E-state index contributed by atoms with van der Waals surface area (Å²) in [5, 5.41) is 8.89. The van der Waals surface area contributed by atoms with Crippen molar-refractivity contribution in [3.63, 3.8) is 0 Å². The number of amides is 1. The Hall–Kier alpha value is -1.73. The van der Waals surface area contributed by atoms with Gasteiger partial charge in [-0.1, -0.05) is 0 Å². The first-order valence-corrected chi connectivity index (χ1v) is 7.25. The third kappa shape index (κ3) is 4.14. The Morgan fingerprint density at radius 1 is 1.27 bits per heavy atom. The fraction of sp³-hybridized carbons (Fsp3) is 0.533. The van der Waals surface area contributed by atoms with Crippen LogP contribution in [-0.4, -0.2) is 66.2 Å². The summed E-state index contributed by atoms with van der Waals surface area (Å²) in [5.74, 6) is -2.02. The van der Waals surface area contributed by atoms with Crippen LogP contribution in [0.15, 0.2) is 18.2 Å². The molecule has 0 radical (unpaired) electrons. The van der Waals surface area contributed by atoms with Crippen LogP contribution in [0.3, 0.4) is 0 Å². The second kappa shape index (κ2) is 7.51. The molecule has 1 atom stereocenters. The number of aliphatic hydroxyl groups excluding tert-OH is 1. The maximum absolute atomic E-state index is 13.1. The van der Waals surface area contributed by atoms with E-state index in [0.29, 0.717) is 32.7 Å². The second-order valence-corrected chi connectivity index (χ2v) is 5.23. The maximum Gasteiger partial charge on any atom is 0.263 e. The lowest BCUT2D eigenvalue weighted by Crippen LogP contribution is -2.52. The number of carbonyl (C=O) groups is 1. The van der Waals surface area contributed by atoms with E-state index in [1.807, 2.05) is 0 Å². The number of ether oxygens (including phenoxy) is 1. The van der Waals surface area contributed by atoms with Crippen LogP contribution in [0.2, 0.25) is 0 Å². The minimum absolute atomic E-state index is 0.101. The van der Waals surface area contributed by atoms with Crippen LogP contribution in [0.1, 0.15) is 6.92 Å². The normalized spacial score (nSPS) is 17.4. The third-order valence-corrected chi connectivity index (χ3v) is 3.65. The van der Waals surface area contributed by atoms with Gasteiger partial charge in [-0.3, -0.25) is 9.69 Å². The van der Waals surface area contributed by atoms with Gasteiger partial charge in [0.05, 0.1) is 6.61 Å². The number of hydrogen-bond acceptors (Lipinski definition) is 4. The Morgan fingerprint density at radius 3 is 2.55 bits per heavy atom. The molecule has 0 saturated carbocycles. The monoisotopic (exact) mass is 314 g/mol. The van der Waals surface area contributed by atoms with Gasteiger partial charge in [-0.15, -0.1) is 0 Å². The van der Waals surface area contributed by atoms with Gasteiger partial charge in [0.25, 0.3) is 5.91 Å². The minimum Gasteiger partial charge on any atom is -0.481 e. The van der Waals surface area contributed by atoms with Crippen LogP contribution in [0.4, 0.5) is 8.78 Å². The van der Waals surface area contributed by atoms with E-state index in [-0.39, 0.29) is 18.3 Å². The summed E-state index contributed by atoms with van der Waals surface area (Å²) in [5.41, 5.74) is 0. The van der Waals surface area contributed by atoms with Crippen LogP contribution < -0.4 is 4.74 Å².